The maximum Gasteiger partial charge on any atom is 0.291 e. The molecule has 126 valence electrons. The molecule has 3 fully saturated rings. The second-order valence-electron chi connectivity index (χ2n) is 6.66. The molecule has 8 heteroatoms. The first-order chi connectivity index (χ1) is 11.7. The van der Waals surface area contributed by atoms with Gasteiger partial charge in [-0.2, -0.15) is 0 Å². The van der Waals surface area contributed by atoms with Crippen LogP contribution in [0.5, 0.6) is 5.88 Å². The molecule has 4 aliphatic heterocycles. The predicted molar refractivity (Wildman–Crippen MR) is 92.9 cm³/mol. The van der Waals surface area contributed by atoms with E-state index in [0.717, 1.165) is 28.6 Å². The van der Waals surface area contributed by atoms with E-state index in [-0.39, 0.29) is 5.60 Å². The van der Waals surface area contributed by atoms with Crippen molar-refractivity contribution in [1.82, 2.24) is 14.9 Å². The third-order valence-electron chi connectivity index (χ3n) is 5.27. The molecule has 7 nitrogen and oxygen atoms in total. The Kier molecular flexibility index (Phi) is 3.18. The van der Waals surface area contributed by atoms with Crippen LogP contribution in [0.3, 0.4) is 0 Å². The van der Waals surface area contributed by atoms with Crippen molar-refractivity contribution in [3.05, 3.63) is 12.1 Å². The number of fused-ring (bicyclic) bond motifs is 3. The molecule has 4 aliphatic rings. The lowest BCUT2D eigenvalue weighted by Gasteiger charge is -2.50. The summed E-state index contributed by atoms with van der Waals surface area (Å²) in [5.41, 5.74) is 0.719. The number of rotatable bonds is 2. The fraction of sp³-hybridized carbons (Fsp3) is 0.562. The van der Waals surface area contributed by atoms with E-state index < -0.39 is 0 Å². The van der Waals surface area contributed by atoms with Crippen molar-refractivity contribution in [2.75, 3.05) is 38.6 Å². The lowest BCUT2D eigenvalue weighted by atomic mass is 9.75. The van der Waals surface area contributed by atoms with Gasteiger partial charge in [0.15, 0.2) is 5.13 Å². The van der Waals surface area contributed by atoms with Gasteiger partial charge in [0.25, 0.3) is 6.02 Å². The molecule has 3 saturated heterocycles. The first-order valence-corrected chi connectivity index (χ1v) is 9.10. The fourth-order valence-electron chi connectivity index (χ4n) is 4.01. The lowest BCUT2D eigenvalue weighted by molar-refractivity contribution is -0.0829. The molecule has 0 radical (unpaired) electrons. The van der Waals surface area contributed by atoms with Gasteiger partial charge in [0, 0.05) is 18.5 Å². The number of hydrogen-bond donors (Lipinski definition) is 1. The van der Waals surface area contributed by atoms with Crippen LogP contribution in [0.25, 0.3) is 10.3 Å². The Morgan fingerprint density at radius 2 is 2.21 bits per heavy atom. The Morgan fingerprint density at radius 1 is 1.33 bits per heavy atom. The molecule has 1 N–H and O–H groups in total. The first-order valence-electron chi connectivity index (χ1n) is 8.28. The summed E-state index contributed by atoms with van der Waals surface area (Å²) >= 11 is 1.48. The second kappa shape index (κ2) is 5.29. The van der Waals surface area contributed by atoms with E-state index in [0.29, 0.717) is 17.8 Å². The average Bonchev–Trinajstić information content (AvgIpc) is 3.19. The lowest BCUT2D eigenvalue weighted by Crippen LogP contribution is -2.61. The van der Waals surface area contributed by atoms with Gasteiger partial charge in [0.1, 0.15) is 15.9 Å². The maximum absolute atomic E-state index is 6.29. The number of amidine groups is 1. The predicted octanol–water partition coefficient (Wildman–Crippen LogP) is 1.96. The molecule has 2 aromatic heterocycles. The number of anilines is 1. The number of aromatic nitrogens is 2. The summed E-state index contributed by atoms with van der Waals surface area (Å²) in [5.74, 6) is 1.21. The first kappa shape index (κ1) is 14.4. The van der Waals surface area contributed by atoms with Crippen molar-refractivity contribution in [2.24, 2.45) is 10.9 Å². The molecule has 24 heavy (non-hydrogen) atoms. The molecular formula is C16H19N5O2S. The fourth-order valence-corrected chi connectivity index (χ4v) is 4.83. The monoisotopic (exact) mass is 345 g/mol. The van der Waals surface area contributed by atoms with E-state index >= 15 is 0 Å². The summed E-state index contributed by atoms with van der Waals surface area (Å²) in [7, 11) is 1.61. The molecule has 6 rings (SSSR count). The van der Waals surface area contributed by atoms with Crippen molar-refractivity contribution in [3.8, 4) is 5.88 Å². The van der Waals surface area contributed by atoms with Gasteiger partial charge in [-0.3, -0.25) is 10.2 Å². The normalized spacial score (nSPS) is 31.3. The van der Waals surface area contributed by atoms with Crippen LogP contribution in [0, 0.1) is 5.92 Å². The highest BCUT2D eigenvalue weighted by Gasteiger charge is 2.51. The highest BCUT2D eigenvalue weighted by molar-refractivity contribution is 7.21. The molecule has 1 spiro atoms. The maximum atomic E-state index is 6.29. The summed E-state index contributed by atoms with van der Waals surface area (Å²) < 4.78 is 11.5. The van der Waals surface area contributed by atoms with Crippen LogP contribution >= 0.6 is 11.3 Å². The number of ether oxygens (including phenoxy) is 2. The minimum absolute atomic E-state index is 0.128. The Bertz CT molecular complexity index is 814. The number of aliphatic imine (C=N–C) groups is 1. The Balaban J connectivity index is 1.34. The Hall–Kier alpha value is -1.93. The number of thiazole rings is 1. The van der Waals surface area contributed by atoms with Crippen molar-refractivity contribution in [2.45, 2.75) is 18.4 Å². The SMILES string of the molecule is COc1ccc2nc(NC3=NCC4(CN5CCC4CC5)O3)sc2n1. The van der Waals surface area contributed by atoms with Crippen LogP contribution in [0.15, 0.2) is 17.1 Å². The van der Waals surface area contributed by atoms with Crippen LogP contribution < -0.4 is 10.1 Å². The summed E-state index contributed by atoms with van der Waals surface area (Å²) in [6.45, 7) is 4.13. The third kappa shape index (κ3) is 2.24. The Morgan fingerprint density at radius 3 is 2.96 bits per heavy atom. The summed E-state index contributed by atoms with van der Waals surface area (Å²) in [6.07, 6.45) is 2.43. The minimum atomic E-state index is -0.128. The van der Waals surface area contributed by atoms with E-state index in [1.165, 1.54) is 37.3 Å². The van der Waals surface area contributed by atoms with E-state index in [4.69, 9.17) is 9.47 Å². The average molecular weight is 345 g/mol. The summed E-state index contributed by atoms with van der Waals surface area (Å²) in [6, 6.07) is 4.32. The topological polar surface area (TPSA) is 71.9 Å². The van der Waals surface area contributed by atoms with Gasteiger partial charge in [-0.25, -0.2) is 15.0 Å². The van der Waals surface area contributed by atoms with Crippen molar-refractivity contribution >= 4 is 32.8 Å². The van der Waals surface area contributed by atoms with Crippen LogP contribution in [-0.2, 0) is 4.74 Å². The molecular weight excluding hydrogens is 326 g/mol. The van der Waals surface area contributed by atoms with Gasteiger partial charge in [-0.1, -0.05) is 11.3 Å². The summed E-state index contributed by atoms with van der Waals surface area (Å²) in [5, 5.41) is 3.99. The molecule has 6 heterocycles. The molecule has 1 atom stereocenters. The van der Waals surface area contributed by atoms with Gasteiger partial charge in [0.2, 0.25) is 5.88 Å². The van der Waals surface area contributed by atoms with Crippen molar-refractivity contribution in [3.63, 3.8) is 0 Å². The van der Waals surface area contributed by atoms with Crippen molar-refractivity contribution in [1.29, 1.82) is 0 Å². The second-order valence-corrected chi connectivity index (χ2v) is 7.64. The van der Waals surface area contributed by atoms with Gasteiger partial charge in [0.05, 0.1) is 13.7 Å². The van der Waals surface area contributed by atoms with Crippen LogP contribution in [0.2, 0.25) is 0 Å². The molecule has 2 aromatic rings. The van der Waals surface area contributed by atoms with Gasteiger partial charge < -0.3 is 9.47 Å². The highest BCUT2D eigenvalue weighted by atomic mass is 32.1. The number of pyridine rings is 1. The van der Waals surface area contributed by atoms with Crippen LogP contribution in [0.4, 0.5) is 5.13 Å². The highest BCUT2D eigenvalue weighted by Crippen LogP contribution is 2.41. The quantitative estimate of drug-likeness (QED) is 0.897. The zero-order valence-electron chi connectivity index (χ0n) is 13.5. The van der Waals surface area contributed by atoms with Gasteiger partial charge in [-0.05, 0) is 32.0 Å². The third-order valence-corrected chi connectivity index (χ3v) is 6.15. The molecule has 1 unspecified atom stereocenters. The Labute approximate surface area is 143 Å². The van der Waals surface area contributed by atoms with Crippen LogP contribution in [0.1, 0.15) is 12.8 Å². The van der Waals surface area contributed by atoms with Gasteiger partial charge in [-0.15, -0.1) is 0 Å². The molecule has 0 aliphatic carbocycles. The number of methoxy groups -OCH3 is 1. The van der Waals surface area contributed by atoms with Crippen molar-refractivity contribution < 1.29 is 9.47 Å². The summed E-state index contributed by atoms with van der Waals surface area (Å²) in [4.78, 5) is 16.9. The number of hydrogen-bond acceptors (Lipinski definition) is 8. The van der Waals surface area contributed by atoms with E-state index in [9.17, 15) is 0 Å². The zero-order valence-corrected chi connectivity index (χ0v) is 14.3. The smallest absolute Gasteiger partial charge is 0.291 e. The molecule has 0 aromatic carbocycles. The van der Waals surface area contributed by atoms with Crippen LogP contribution in [-0.4, -0.2) is 59.8 Å². The molecule has 0 saturated carbocycles. The van der Waals surface area contributed by atoms with E-state index in [1.54, 1.807) is 7.11 Å². The minimum Gasteiger partial charge on any atom is -0.481 e. The molecule has 2 bridgehead atoms. The standard InChI is InChI=1S/C16H19N5O2S/c1-22-12-3-2-11-13(19-12)24-15(18-11)20-14-17-8-16(23-14)9-21-6-4-10(16)5-7-21/h2-3,10H,4-9H2,1H3,(H,17,18,20). The van der Waals surface area contributed by atoms with E-state index in [2.05, 4.69) is 25.2 Å². The zero-order chi connectivity index (χ0) is 16.1. The molecule has 0 amide bonds. The van der Waals surface area contributed by atoms with Gasteiger partial charge >= 0.3 is 0 Å². The number of nitrogens with zero attached hydrogens (tertiary/aromatic N) is 4. The number of piperidine rings is 3. The number of nitrogens with one attached hydrogen (secondary N) is 1. The largest absolute Gasteiger partial charge is 0.481 e. The van der Waals surface area contributed by atoms with E-state index in [1.807, 2.05) is 12.1 Å².